The number of methoxy groups -OCH3 is 1. The van der Waals surface area contributed by atoms with Gasteiger partial charge in [-0.3, -0.25) is 19.6 Å². The van der Waals surface area contributed by atoms with Crippen LogP contribution in [0.15, 0.2) is 48.8 Å². The molecular weight excluding hydrogens is 392 g/mol. The summed E-state index contributed by atoms with van der Waals surface area (Å²) in [7, 11) is 3.45. The highest BCUT2D eigenvalue weighted by atomic mass is 16.5. The van der Waals surface area contributed by atoms with Gasteiger partial charge in [-0.15, -0.1) is 0 Å². The van der Waals surface area contributed by atoms with Gasteiger partial charge in [-0.05, 0) is 61.1 Å². The van der Waals surface area contributed by atoms with Gasteiger partial charge in [0.1, 0.15) is 11.3 Å². The molecule has 0 N–H and O–H groups in total. The van der Waals surface area contributed by atoms with Crippen LogP contribution in [0.2, 0.25) is 0 Å². The summed E-state index contributed by atoms with van der Waals surface area (Å²) in [5, 5.41) is 0. The lowest BCUT2D eigenvalue weighted by Crippen LogP contribution is -2.55. The van der Waals surface area contributed by atoms with Crippen molar-refractivity contribution in [3.8, 4) is 5.75 Å². The van der Waals surface area contributed by atoms with E-state index in [0.717, 1.165) is 38.2 Å². The Bertz CT molecular complexity index is 925. The molecule has 2 fully saturated rings. The Labute approximate surface area is 183 Å². The molecule has 3 heterocycles. The third kappa shape index (κ3) is 4.28. The standard InChI is InChI=1S/C24H30N4O3/c1-26-23(30)28(14-4-6-19-8-12-25-13-9-19)22(29)24(26)10-15-27(16-11-24)18-20-5-3-7-21(17-20)31-2/h3,5,7-9,12-13,17H,4,6,10-11,14-16,18H2,1-2H3. The van der Waals surface area contributed by atoms with Gasteiger partial charge < -0.3 is 9.64 Å². The fourth-order valence-electron chi connectivity index (χ4n) is 4.69. The summed E-state index contributed by atoms with van der Waals surface area (Å²) in [6, 6.07) is 11.9. The quantitative estimate of drug-likeness (QED) is 0.642. The van der Waals surface area contributed by atoms with E-state index in [1.807, 2.05) is 30.3 Å². The Hall–Kier alpha value is -2.93. The molecule has 1 aromatic carbocycles. The normalized spacial score (nSPS) is 18.8. The van der Waals surface area contributed by atoms with Crippen LogP contribution in [-0.4, -0.2) is 71.0 Å². The summed E-state index contributed by atoms with van der Waals surface area (Å²) in [6.07, 6.45) is 6.45. The number of benzene rings is 1. The lowest BCUT2D eigenvalue weighted by Gasteiger charge is -2.40. The van der Waals surface area contributed by atoms with Crippen LogP contribution in [0.5, 0.6) is 5.75 Å². The maximum atomic E-state index is 13.3. The van der Waals surface area contributed by atoms with Gasteiger partial charge in [0.2, 0.25) is 0 Å². The summed E-state index contributed by atoms with van der Waals surface area (Å²) in [5.74, 6) is 0.820. The molecule has 0 unspecified atom stereocenters. The van der Waals surface area contributed by atoms with Crippen molar-refractivity contribution in [2.24, 2.45) is 0 Å². The molecule has 1 aromatic heterocycles. The summed E-state index contributed by atoms with van der Waals surface area (Å²) >= 11 is 0. The lowest BCUT2D eigenvalue weighted by molar-refractivity contribution is -0.135. The molecule has 0 radical (unpaired) electrons. The Morgan fingerprint density at radius 3 is 2.52 bits per heavy atom. The number of ether oxygens (including phenoxy) is 1. The van der Waals surface area contributed by atoms with Crippen LogP contribution in [0.1, 0.15) is 30.4 Å². The first-order valence-corrected chi connectivity index (χ1v) is 10.9. The van der Waals surface area contributed by atoms with E-state index in [-0.39, 0.29) is 11.9 Å². The molecule has 2 aliphatic heterocycles. The van der Waals surface area contributed by atoms with Crippen molar-refractivity contribution in [1.82, 2.24) is 19.7 Å². The first-order valence-electron chi connectivity index (χ1n) is 10.9. The highest BCUT2D eigenvalue weighted by Crippen LogP contribution is 2.36. The highest BCUT2D eigenvalue weighted by molar-refractivity contribution is 6.07. The van der Waals surface area contributed by atoms with Gasteiger partial charge >= 0.3 is 6.03 Å². The maximum Gasteiger partial charge on any atom is 0.327 e. The van der Waals surface area contributed by atoms with E-state index in [1.165, 1.54) is 16.0 Å². The first kappa shape index (κ1) is 21.3. The smallest absolute Gasteiger partial charge is 0.327 e. The van der Waals surface area contributed by atoms with Crippen LogP contribution in [0, 0.1) is 0 Å². The second-order valence-electron chi connectivity index (χ2n) is 8.42. The lowest BCUT2D eigenvalue weighted by atomic mass is 9.86. The van der Waals surface area contributed by atoms with E-state index >= 15 is 0 Å². The van der Waals surface area contributed by atoms with Crippen molar-refractivity contribution in [3.63, 3.8) is 0 Å². The molecule has 31 heavy (non-hydrogen) atoms. The predicted octanol–water partition coefficient (Wildman–Crippen LogP) is 2.95. The number of aryl methyl sites for hydroxylation is 1. The van der Waals surface area contributed by atoms with E-state index in [2.05, 4.69) is 16.0 Å². The molecule has 0 saturated carbocycles. The zero-order chi connectivity index (χ0) is 21.8. The minimum absolute atomic E-state index is 0.0317. The van der Waals surface area contributed by atoms with Gasteiger partial charge in [0.05, 0.1) is 7.11 Å². The van der Waals surface area contributed by atoms with E-state index in [4.69, 9.17) is 4.74 Å². The molecule has 0 aliphatic carbocycles. The number of amides is 3. The van der Waals surface area contributed by atoms with Gasteiger partial charge in [-0.1, -0.05) is 12.1 Å². The number of likely N-dealkylation sites (N-methyl/N-ethyl adjacent to an activating group) is 1. The SMILES string of the molecule is COc1cccc(CN2CCC3(CC2)C(=O)N(CCCc2ccncc2)C(=O)N3C)c1. The number of nitrogens with zero attached hydrogens (tertiary/aromatic N) is 4. The number of urea groups is 1. The van der Waals surface area contributed by atoms with Crippen LogP contribution in [-0.2, 0) is 17.8 Å². The molecular formula is C24H30N4O3. The number of hydrogen-bond acceptors (Lipinski definition) is 5. The molecule has 2 aromatic rings. The molecule has 0 atom stereocenters. The number of rotatable bonds is 7. The fraction of sp³-hybridized carbons (Fsp3) is 0.458. The van der Waals surface area contributed by atoms with Crippen LogP contribution in [0.4, 0.5) is 4.79 Å². The van der Waals surface area contributed by atoms with Crippen LogP contribution >= 0.6 is 0 Å². The Kier molecular flexibility index (Phi) is 6.23. The number of hydrogen-bond donors (Lipinski definition) is 0. The number of likely N-dealkylation sites (tertiary alicyclic amines) is 1. The van der Waals surface area contributed by atoms with E-state index < -0.39 is 5.54 Å². The van der Waals surface area contributed by atoms with E-state index in [0.29, 0.717) is 19.4 Å². The predicted molar refractivity (Wildman–Crippen MR) is 118 cm³/mol. The first-order chi connectivity index (χ1) is 15.0. The summed E-state index contributed by atoms with van der Waals surface area (Å²) < 4.78 is 5.32. The number of aromatic nitrogens is 1. The molecule has 0 bridgehead atoms. The number of pyridine rings is 1. The van der Waals surface area contributed by atoms with Gasteiger partial charge in [-0.25, -0.2) is 4.79 Å². The average Bonchev–Trinajstić information content (AvgIpc) is 2.97. The van der Waals surface area contributed by atoms with Crippen LogP contribution < -0.4 is 4.74 Å². The largest absolute Gasteiger partial charge is 0.497 e. The van der Waals surface area contributed by atoms with Crippen LogP contribution in [0.25, 0.3) is 0 Å². The number of carbonyl (C=O) groups is 2. The minimum Gasteiger partial charge on any atom is -0.497 e. The third-order valence-corrected chi connectivity index (χ3v) is 6.62. The summed E-state index contributed by atoms with van der Waals surface area (Å²) in [6.45, 7) is 2.84. The van der Waals surface area contributed by atoms with Crippen molar-refractivity contribution in [3.05, 3.63) is 59.9 Å². The Morgan fingerprint density at radius 1 is 1.06 bits per heavy atom. The zero-order valence-corrected chi connectivity index (χ0v) is 18.3. The second-order valence-corrected chi connectivity index (χ2v) is 8.42. The van der Waals surface area contributed by atoms with Gasteiger partial charge in [0.25, 0.3) is 5.91 Å². The van der Waals surface area contributed by atoms with E-state index in [1.54, 1.807) is 31.5 Å². The topological polar surface area (TPSA) is 66.0 Å². The molecule has 2 aliphatic rings. The molecule has 7 nitrogen and oxygen atoms in total. The molecule has 1 spiro atoms. The maximum absolute atomic E-state index is 13.3. The van der Waals surface area contributed by atoms with Crippen molar-refractivity contribution in [2.45, 2.75) is 37.8 Å². The third-order valence-electron chi connectivity index (χ3n) is 6.62. The zero-order valence-electron chi connectivity index (χ0n) is 18.3. The molecule has 7 heteroatoms. The van der Waals surface area contributed by atoms with E-state index in [9.17, 15) is 9.59 Å². The van der Waals surface area contributed by atoms with Gasteiger partial charge in [0.15, 0.2) is 0 Å². The fourth-order valence-corrected chi connectivity index (χ4v) is 4.69. The monoisotopic (exact) mass is 422 g/mol. The van der Waals surface area contributed by atoms with Crippen molar-refractivity contribution in [1.29, 1.82) is 0 Å². The van der Waals surface area contributed by atoms with Gasteiger partial charge in [0, 0.05) is 45.6 Å². The van der Waals surface area contributed by atoms with Crippen molar-refractivity contribution >= 4 is 11.9 Å². The number of imide groups is 1. The molecule has 4 rings (SSSR count). The number of carbonyl (C=O) groups excluding carboxylic acids is 2. The molecule has 3 amide bonds. The average molecular weight is 423 g/mol. The second kappa shape index (κ2) is 9.06. The van der Waals surface area contributed by atoms with Gasteiger partial charge in [-0.2, -0.15) is 0 Å². The molecule has 164 valence electrons. The summed E-state index contributed by atoms with van der Waals surface area (Å²) in [5.41, 5.74) is 1.66. The Morgan fingerprint density at radius 2 is 1.81 bits per heavy atom. The minimum atomic E-state index is -0.696. The highest BCUT2D eigenvalue weighted by Gasteiger charge is 2.56. The van der Waals surface area contributed by atoms with Crippen molar-refractivity contribution < 1.29 is 14.3 Å². The van der Waals surface area contributed by atoms with Crippen LogP contribution in [0.3, 0.4) is 0 Å². The summed E-state index contributed by atoms with van der Waals surface area (Å²) in [4.78, 5) is 35.7. The van der Waals surface area contributed by atoms with Crippen molar-refractivity contribution in [2.75, 3.05) is 33.8 Å². The number of piperidine rings is 1. The molecule has 2 saturated heterocycles. The Balaban J connectivity index is 1.35.